The molecule has 1 aromatic rings. The van der Waals surface area contributed by atoms with Crippen molar-refractivity contribution in [3.05, 3.63) is 29.6 Å². The van der Waals surface area contributed by atoms with Gasteiger partial charge in [0, 0.05) is 6.07 Å². The van der Waals surface area contributed by atoms with E-state index in [0.29, 0.717) is 0 Å². The standard InChI is InChI=1S/C7H6F3NO2/c8-6(9)7(10)13-5-3-1-2-4-11(5)12/h1-4,6-7H. The highest BCUT2D eigenvalue weighted by Gasteiger charge is 2.23. The molecule has 0 bridgehead atoms. The van der Waals surface area contributed by atoms with Gasteiger partial charge in [0.1, 0.15) is 0 Å². The van der Waals surface area contributed by atoms with E-state index in [4.69, 9.17) is 0 Å². The van der Waals surface area contributed by atoms with Crippen molar-refractivity contribution in [3.8, 4) is 5.88 Å². The Hall–Kier alpha value is -1.46. The Morgan fingerprint density at radius 1 is 1.31 bits per heavy atom. The Kier molecular flexibility index (Phi) is 2.94. The predicted molar refractivity (Wildman–Crippen MR) is 36.9 cm³/mol. The average molecular weight is 193 g/mol. The van der Waals surface area contributed by atoms with Crippen molar-refractivity contribution in [3.63, 3.8) is 0 Å². The maximum Gasteiger partial charge on any atom is 0.382 e. The van der Waals surface area contributed by atoms with E-state index >= 15 is 0 Å². The zero-order chi connectivity index (χ0) is 9.84. The van der Waals surface area contributed by atoms with Gasteiger partial charge in [0.05, 0.1) is 6.07 Å². The van der Waals surface area contributed by atoms with Crippen molar-refractivity contribution >= 4 is 0 Å². The minimum atomic E-state index is -3.26. The lowest BCUT2D eigenvalue weighted by atomic mass is 10.5. The maximum absolute atomic E-state index is 12.3. The van der Waals surface area contributed by atoms with Gasteiger partial charge in [-0.05, 0) is 6.07 Å². The lowest BCUT2D eigenvalue weighted by molar-refractivity contribution is -0.615. The molecule has 6 heteroatoms. The van der Waals surface area contributed by atoms with Crippen LogP contribution in [0.5, 0.6) is 5.88 Å². The monoisotopic (exact) mass is 193 g/mol. The van der Waals surface area contributed by atoms with Crippen LogP contribution in [0, 0.1) is 5.21 Å². The van der Waals surface area contributed by atoms with E-state index in [9.17, 15) is 18.4 Å². The quantitative estimate of drug-likeness (QED) is 0.535. The molecule has 0 aliphatic carbocycles. The number of hydrogen-bond acceptors (Lipinski definition) is 2. The number of nitrogens with zero attached hydrogens (tertiary/aromatic N) is 1. The minimum Gasteiger partial charge on any atom is -0.616 e. The first-order chi connectivity index (χ1) is 6.11. The highest BCUT2D eigenvalue weighted by molar-refractivity contribution is 5.03. The number of rotatable bonds is 3. The van der Waals surface area contributed by atoms with Crippen LogP contribution < -0.4 is 9.47 Å². The molecule has 72 valence electrons. The molecule has 0 aromatic carbocycles. The second-order valence-corrected chi connectivity index (χ2v) is 2.17. The van der Waals surface area contributed by atoms with Crippen molar-refractivity contribution in [1.29, 1.82) is 0 Å². The second kappa shape index (κ2) is 3.97. The summed E-state index contributed by atoms with van der Waals surface area (Å²) < 4.78 is 39.7. The topological polar surface area (TPSA) is 36.2 Å². The van der Waals surface area contributed by atoms with E-state index in [2.05, 4.69) is 4.74 Å². The van der Waals surface area contributed by atoms with Gasteiger partial charge in [-0.3, -0.25) is 0 Å². The largest absolute Gasteiger partial charge is 0.616 e. The van der Waals surface area contributed by atoms with Crippen LogP contribution in [0.3, 0.4) is 0 Å². The zero-order valence-corrected chi connectivity index (χ0v) is 6.36. The predicted octanol–water partition coefficient (Wildman–Crippen LogP) is 1.26. The van der Waals surface area contributed by atoms with Gasteiger partial charge in [0.25, 0.3) is 0 Å². The summed E-state index contributed by atoms with van der Waals surface area (Å²) in [6, 6.07) is 3.85. The van der Waals surface area contributed by atoms with Crippen LogP contribution in [-0.4, -0.2) is 12.8 Å². The van der Waals surface area contributed by atoms with Crippen LogP contribution in [0.2, 0.25) is 0 Å². The Morgan fingerprint density at radius 3 is 2.54 bits per heavy atom. The lowest BCUT2D eigenvalue weighted by Gasteiger charge is -2.08. The third-order valence-electron chi connectivity index (χ3n) is 1.22. The summed E-state index contributed by atoms with van der Waals surface area (Å²) in [5, 5.41) is 10.8. The molecule has 0 aliphatic rings. The van der Waals surface area contributed by atoms with Crippen molar-refractivity contribution in [2.75, 3.05) is 0 Å². The average Bonchev–Trinajstić information content (AvgIpc) is 2.08. The number of aromatic nitrogens is 1. The summed E-state index contributed by atoms with van der Waals surface area (Å²) in [7, 11) is 0. The van der Waals surface area contributed by atoms with Crippen LogP contribution >= 0.6 is 0 Å². The summed E-state index contributed by atoms with van der Waals surface area (Å²) in [5.74, 6) is -0.490. The van der Waals surface area contributed by atoms with Gasteiger partial charge >= 0.3 is 18.7 Å². The van der Waals surface area contributed by atoms with Crippen molar-refractivity contribution in [1.82, 2.24) is 0 Å². The number of ether oxygens (including phenoxy) is 1. The molecule has 0 saturated carbocycles. The van der Waals surface area contributed by atoms with Gasteiger partial charge in [-0.1, -0.05) is 0 Å². The first-order valence-electron chi connectivity index (χ1n) is 3.38. The Bertz CT molecular complexity index is 282. The fraction of sp³-hybridized carbons (Fsp3) is 0.286. The summed E-state index contributed by atoms with van der Waals surface area (Å²) >= 11 is 0. The molecule has 3 nitrogen and oxygen atoms in total. The van der Waals surface area contributed by atoms with E-state index in [-0.39, 0.29) is 4.73 Å². The first-order valence-corrected chi connectivity index (χ1v) is 3.38. The molecular formula is C7H6F3NO2. The SMILES string of the molecule is [O-][n+]1ccccc1OC(F)C(F)F. The highest BCUT2D eigenvalue weighted by atomic mass is 19.3. The van der Waals surface area contributed by atoms with Crippen LogP contribution in [0.4, 0.5) is 13.2 Å². The Morgan fingerprint density at radius 2 is 2.00 bits per heavy atom. The third-order valence-corrected chi connectivity index (χ3v) is 1.22. The van der Waals surface area contributed by atoms with Crippen LogP contribution in [0.15, 0.2) is 24.4 Å². The van der Waals surface area contributed by atoms with Gasteiger partial charge < -0.3 is 9.94 Å². The lowest BCUT2D eigenvalue weighted by Crippen LogP contribution is -2.32. The molecule has 13 heavy (non-hydrogen) atoms. The van der Waals surface area contributed by atoms with Crippen molar-refractivity contribution < 1.29 is 22.6 Å². The summed E-state index contributed by atoms with van der Waals surface area (Å²) in [5.41, 5.74) is 0. The van der Waals surface area contributed by atoms with Gasteiger partial charge in [0.2, 0.25) is 0 Å². The molecule has 1 unspecified atom stereocenters. The molecule has 0 spiro atoms. The summed E-state index contributed by atoms with van der Waals surface area (Å²) in [4.78, 5) is 0. The molecule has 1 heterocycles. The van der Waals surface area contributed by atoms with Gasteiger partial charge in [0.15, 0.2) is 6.20 Å². The molecule has 1 atom stereocenters. The highest BCUT2D eigenvalue weighted by Crippen LogP contribution is 2.11. The minimum absolute atomic E-state index is 0.162. The van der Waals surface area contributed by atoms with E-state index in [0.717, 1.165) is 12.3 Å². The van der Waals surface area contributed by atoms with E-state index < -0.39 is 18.7 Å². The molecule has 0 radical (unpaired) electrons. The number of halogens is 3. The van der Waals surface area contributed by atoms with Gasteiger partial charge in [-0.25, -0.2) is 8.78 Å². The molecule has 0 fully saturated rings. The first kappa shape index (κ1) is 9.63. The van der Waals surface area contributed by atoms with E-state index in [1.807, 2.05) is 0 Å². The summed E-state index contributed by atoms with van der Waals surface area (Å²) in [6.07, 6.45) is -5.02. The fourth-order valence-electron chi connectivity index (χ4n) is 0.671. The molecular weight excluding hydrogens is 187 g/mol. The van der Waals surface area contributed by atoms with Crippen molar-refractivity contribution in [2.24, 2.45) is 0 Å². The Labute approximate surface area is 71.9 Å². The summed E-state index contributed by atoms with van der Waals surface area (Å²) in [6.45, 7) is 0. The van der Waals surface area contributed by atoms with Gasteiger partial charge in [-0.2, -0.15) is 4.39 Å². The molecule has 0 saturated heterocycles. The third kappa shape index (κ3) is 2.50. The second-order valence-electron chi connectivity index (χ2n) is 2.17. The van der Waals surface area contributed by atoms with E-state index in [1.54, 1.807) is 0 Å². The number of hydrogen-bond donors (Lipinski definition) is 0. The fourth-order valence-corrected chi connectivity index (χ4v) is 0.671. The van der Waals surface area contributed by atoms with Crippen LogP contribution in [-0.2, 0) is 0 Å². The smallest absolute Gasteiger partial charge is 0.382 e. The molecule has 1 aromatic heterocycles. The molecule has 0 N–H and O–H groups in total. The molecule has 0 amide bonds. The van der Waals surface area contributed by atoms with Gasteiger partial charge in [-0.15, -0.1) is 4.73 Å². The number of pyridine rings is 1. The number of alkyl halides is 3. The maximum atomic E-state index is 12.3. The van der Waals surface area contributed by atoms with Crippen molar-refractivity contribution in [2.45, 2.75) is 12.8 Å². The normalized spacial score (nSPS) is 12.9. The van der Waals surface area contributed by atoms with E-state index in [1.165, 1.54) is 12.1 Å². The molecule has 1 rings (SSSR count). The van der Waals surface area contributed by atoms with Crippen LogP contribution in [0.1, 0.15) is 0 Å². The Balaban J connectivity index is 2.69. The molecule has 0 aliphatic heterocycles. The van der Waals surface area contributed by atoms with Crippen LogP contribution in [0.25, 0.3) is 0 Å². The zero-order valence-electron chi connectivity index (χ0n) is 6.36.